The minimum absolute atomic E-state index is 0.0508. The Morgan fingerprint density at radius 3 is 3.15 bits per heavy atom. The standard InChI is InChI=1S/C14H20N2O4/c1-3-19-14(18)12-5-4-6-15-13(12)16-7-11(8-17)20-9-10(16)2/h4-6,10-11,17H,3,7-9H2,1-2H3. The number of aliphatic hydroxyl groups excluding tert-OH is 1. The van der Waals surface area contributed by atoms with Crippen LogP contribution in [0.5, 0.6) is 0 Å². The molecule has 1 fully saturated rings. The zero-order valence-electron chi connectivity index (χ0n) is 11.8. The molecular formula is C14H20N2O4. The summed E-state index contributed by atoms with van der Waals surface area (Å²) < 4.78 is 10.6. The van der Waals surface area contributed by atoms with E-state index in [-0.39, 0.29) is 24.7 Å². The van der Waals surface area contributed by atoms with Crippen LogP contribution in [0.15, 0.2) is 18.3 Å². The molecule has 1 aliphatic rings. The van der Waals surface area contributed by atoms with Crippen molar-refractivity contribution in [2.75, 3.05) is 31.3 Å². The maximum atomic E-state index is 12.0. The number of aromatic nitrogens is 1. The third kappa shape index (κ3) is 3.08. The van der Waals surface area contributed by atoms with Crippen molar-refractivity contribution in [2.24, 2.45) is 0 Å². The highest BCUT2D eigenvalue weighted by atomic mass is 16.5. The number of ether oxygens (including phenoxy) is 2. The van der Waals surface area contributed by atoms with Crippen LogP contribution in [0.4, 0.5) is 5.82 Å². The summed E-state index contributed by atoms with van der Waals surface area (Å²) in [5.41, 5.74) is 0.444. The summed E-state index contributed by atoms with van der Waals surface area (Å²) in [5.74, 6) is 0.204. The van der Waals surface area contributed by atoms with Crippen molar-refractivity contribution in [1.29, 1.82) is 0 Å². The van der Waals surface area contributed by atoms with Crippen LogP contribution in [0, 0.1) is 0 Å². The molecule has 1 N–H and O–H groups in total. The molecule has 0 radical (unpaired) electrons. The second-order valence-corrected chi connectivity index (χ2v) is 4.73. The Kier molecular flexibility index (Phi) is 4.92. The Morgan fingerprint density at radius 2 is 2.45 bits per heavy atom. The fourth-order valence-corrected chi connectivity index (χ4v) is 2.22. The minimum atomic E-state index is -0.380. The van der Waals surface area contributed by atoms with Gasteiger partial charge in [-0.25, -0.2) is 9.78 Å². The first-order valence-corrected chi connectivity index (χ1v) is 6.78. The number of rotatable bonds is 4. The maximum absolute atomic E-state index is 12.0. The van der Waals surface area contributed by atoms with Crippen LogP contribution in [-0.4, -0.2) is 54.6 Å². The van der Waals surface area contributed by atoms with Crippen LogP contribution in [0.2, 0.25) is 0 Å². The van der Waals surface area contributed by atoms with Gasteiger partial charge in [0.25, 0.3) is 0 Å². The lowest BCUT2D eigenvalue weighted by Crippen LogP contribution is -2.50. The molecule has 0 amide bonds. The third-order valence-electron chi connectivity index (χ3n) is 3.26. The molecule has 1 aromatic heterocycles. The van der Waals surface area contributed by atoms with E-state index in [4.69, 9.17) is 9.47 Å². The number of carbonyl (C=O) groups excluding carboxylic acids is 1. The Hall–Kier alpha value is -1.66. The highest BCUT2D eigenvalue weighted by Gasteiger charge is 2.29. The van der Waals surface area contributed by atoms with Gasteiger partial charge in [-0.15, -0.1) is 0 Å². The van der Waals surface area contributed by atoms with Crippen molar-refractivity contribution in [3.8, 4) is 0 Å². The number of esters is 1. The quantitative estimate of drug-likeness (QED) is 0.824. The smallest absolute Gasteiger partial charge is 0.341 e. The topological polar surface area (TPSA) is 71.9 Å². The first kappa shape index (κ1) is 14.7. The summed E-state index contributed by atoms with van der Waals surface area (Å²) in [5, 5.41) is 9.24. The summed E-state index contributed by atoms with van der Waals surface area (Å²) in [7, 11) is 0. The second-order valence-electron chi connectivity index (χ2n) is 4.73. The number of nitrogens with zero attached hydrogens (tertiary/aromatic N) is 2. The molecule has 0 saturated carbocycles. The molecule has 2 atom stereocenters. The summed E-state index contributed by atoms with van der Waals surface area (Å²) >= 11 is 0. The van der Waals surface area contributed by atoms with Crippen LogP contribution >= 0.6 is 0 Å². The highest BCUT2D eigenvalue weighted by Crippen LogP contribution is 2.24. The second kappa shape index (κ2) is 6.67. The molecule has 2 unspecified atom stereocenters. The van der Waals surface area contributed by atoms with Gasteiger partial charge < -0.3 is 19.5 Å². The molecule has 0 aliphatic carbocycles. The molecule has 6 nitrogen and oxygen atoms in total. The van der Waals surface area contributed by atoms with Gasteiger partial charge in [0.1, 0.15) is 11.4 Å². The van der Waals surface area contributed by atoms with E-state index >= 15 is 0 Å². The van der Waals surface area contributed by atoms with Crippen LogP contribution < -0.4 is 4.90 Å². The zero-order chi connectivity index (χ0) is 14.5. The number of anilines is 1. The van der Waals surface area contributed by atoms with Gasteiger partial charge in [-0.05, 0) is 26.0 Å². The van der Waals surface area contributed by atoms with E-state index in [0.29, 0.717) is 31.1 Å². The SMILES string of the molecule is CCOC(=O)c1cccnc1N1CC(CO)OCC1C. The van der Waals surface area contributed by atoms with E-state index in [1.165, 1.54) is 0 Å². The van der Waals surface area contributed by atoms with Gasteiger partial charge in [-0.3, -0.25) is 0 Å². The van der Waals surface area contributed by atoms with Gasteiger partial charge in [0.2, 0.25) is 0 Å². The Morgan fingerprint density at radius 1 is 1.65 bits per heavy atom. The summed E-state index contributed by atoms with van der Waals surface area (Å²) in [6.07, 6.45) is 1.39. The highest BCUT2D eigenvalue weighted by molar-refractivity contribution is 5.94. The van der Waals surface area contributed by atoms with Crippen molar-refractivity contribution in [3.63, 3.8) is 0 Å². The molecule has 1 aliphatic heterocycles. The Labute approximate surface area is 118 Å². The van der Waals surface area contributed by atoms with Crippen molar-refractivity contribution in [2.45, 2.75) is 26.0 Å². The molecule has 2 heterocycles. The van der Waals surface area contributed by atoms with Crippen LogP contribution in [0.1, 0.15) is 24.2 Å². The molecule has 1 saturated heterocycles. The van der Waals surface area contributed by atoms with E-state index < -0.39 is 0 Å². The first-order chi connectivity index (χ1) is 9.67. The monoisotopic (exact) mass is 280 g/mol. The van der Waals surface area contributed by atoms with Crippen LogP contribution in [0.3, 0.4) is 0 Å². The number of aliphatic hydroxyl groups is 1. The molecule has 6 heteroatoms. The molecule has 110 valence electrons. The van der Waals surface area contributed by atoms with E-state index in [9.17, 15) is 9.90 Å². The number of pyridine rings is 1. The zero-order valence-corrected chi connectivity index (χ0v) is 11.8. The van der Waals surface area contributed by atoms with Crippen molar-refractivity contribution >= 4 is 11.8 Å². The predicted molar refractivity (Wildman–Crippen MR) is 73.8 cm³/mol. The Balaban J connectivity index is 2.28. The Bertz CT molecular complexity index is 466. The molecule has 0 bridgehead atoms. The molecule has 2 rings (SSSR count). The minimum Gasteiger partial charge on any atom is -0.462 e. The number of hydrogen-bond donors (Lipinski definition) is 1. The van der Waals surface area contributed by atoms with Crippen molar-refractivity contribution in [3.05, 3.63) is 23.9 Å². The number of carbonyl (C=O) groups is 1. The van der Waals surface area contributed by atoms with Gasteiger partial charge >= 0.3 is 5.97 Å². The maximum Gasteiger partial charge on any atom is 0.341 e. The summed E-state index contributed by atoms with van der Waals surface area (Å²) in [6, 6.07) is 3.50. The van der Waals surface area contributed by atoms with E-state index in [0.717, 1.165) is 0 Å². The lowest BCUT2D eigenvalue weighted by molar-refractivity contribution is -0.0106. The lowest BCUT2D eigenvalue weighted by atomic mass is 10.1. The van der Waals surface area contributed by atoms with Crippen LogP contribution in [0.25, 0.3) is 0 Å². The average Bonchev–Trinajstić information content (AvgIpc) is 2.48. The predicted octanol–water partition coefficient (Wildman–Crippen LogP) is 0.844. The van der Waals surface area contributed by atoms with Gasteiger partial charge in [-0.2, -0.15) is 0 Å². The molecule has 1 aromatic rings. The van der Waals surface area contributed by atoms with Gasteiger partial charge in [0.05, 0.1) is 32.0 Å². The summed E-state index contributed by atoms with van der Waals surface area (Å²) in [4.78, 5) is 18.3. The van der Waals surface area contributed by atoms with Gasteiger partial charge in [-0.1, -0.05) is 0 Å². The molecule has 0 aromatic carbocycles. The average molecular weight is 280 g/mol. The number of morpholine rings is 1. The third-order valence-corrected chi connectivity index (χ3v) is 3.26. The van der Waals surface area contributed by atoms with Crippen molar-refractivity contribution in [1.82, 2.24) is 4.98 Å². The van der Waals surface area contributed by atoms with E-state index in [1.54, 1.807) is 25.3 Å². The normalized spacial score (nSPS) is 22.6. The van der Waals surface area contributed by atoms with Crippen molar-refractivity contribution < 1.29 is 19.4 Å². The first-order valence-electron chi connectivity index (χ1n) is 6.78. The van der Waals surface area contributed by atoms with Crippen LogP contribution in [-0.2, 0) is 9.47 Å². The lowest BCUT2D eigenvalue weighted by Gasteiger charge is -2.38. The fourth-order valence-electron chi connectivity index (χ4n) is 2.22. The van der Waals surface area contributed by atoms with Gasteiger partial charge in [0.15, 0.2) is 0 Å². The summed E-state index contributed by atoms with van der Waals surface area (Å²) in [6.45, 7) is 5.03. The molecule has 20 heavy (non-hydrogen) atoms. The van der Waals surface area contributed by atoms with E-state index in [1.807, 2.05) is 11.8 Å². The molecular weight excluding hydrogens is 260 g/mol. The number of hydrogen-bond acceptors (Lipinski definition) is 6. The largest absolute Gasteiger partial charge is 0.462 e. The van der Waals surface area contributed by atoms with Gasteiger partial charge in [0, 0.05) is 12.7 Å². The fraction of sp³-hybridized carbons (Fsp3) is 0.571. The van der Waals surface area contributed by atoms with E-state index in [2.05, 4.69) is 4.98 Å². The molecule has 0 spiro atoms.